The van der Waals surface area contributed by atoms with E-state index in [2.05, 4.69) is 9.72 Å². The fourth-order valence-corrected chi connectivity index (χ4v) is 1.17. The molecule has 0 aliphatic carbocycles. The zero-order chi connectivity index (χ0) is 12.3. The van der Waals surface area contributed by atoms with Crippen molar-refractivity contribution < 1.29 is 17.9 Å². The largest absolute Gasteiger partial charge is 0.573 e. The number of ether oxygens (including phenoxy) is 1. The molecule has 0 radical (unpaired) electrons. The van der Waals surface area contributed by atoms with E-state index in [-0.39, 0.29) is 23.0 Å². The van der Waals surface area contributed by atoms with Gasteiger partial charge in [0.05, 0.1) is 11.6 Å². The molecule has 0 fully saturated rings. The van der Waals surface area contributed by atoms with Gasteiger partial charge >= 0.3 is 6.36 Å². The molecular weight excluding hydrogens is 247 g/mol. The predicted molar refractivity (Wildman–Crippen MR) is 49.6 cm³/mol. The summed E-state index contributed by atoms with van der Waals surface area (Å²) in [6, 6.07) is 2.63. The van der Waals surface area contributed by atoms with Crippen molar-refractivity contribution >= 4 is 17.3 Å². The normalized spacial score (nSPS) is 10.9. The Balaban J connectivity index is 3.23. The van der Waals surface area contributed by atoms with Crippen LogP contribution in [0.4, 0.5) is 18.9 Å². The number of alkyl halides is 4. The van der Waals surface area contributed by atoms with Gasteiger partial charge in [-0.05, 0) is 0 Å². The number of nitriles is 1. The van der Waals surface area contributed by atoms with E-state index in [0.29, 0.717) is 0 Å². The quantitative estimate of drug-likeness (QED) is 0.818. The highest BCUT2D eigenvalue weighted by Crippen LogP contribution is 2.32. The first-order valence-corrected chi connectivity index (χ1v) is 4.42. The topological polar surface area (TPSA) is 71.9 Å². The number of aromatic nitrogens is 1. The van der Waals surface area contributed by atoms with E-state index in [1.807, 2.05) is 0 Å². The lowest BCUT2D eigenvalue weighted by atomic mass is 10.2. The van der Waals surface area contributed by atoms with Crippen molar-refractivity contribution in [3.63, 3.8) is 0 Å². The van der Waals surface area contributed by atoms with Crippen LogP contribution in [0.5, 0.6) is 5.75 Å². The molecule has 0 atom stereocenters. The molecule has 4 nitrogen and oxygen atoms in total. The number of nitrogens with zero attached hydrogens (tertiary/aromatic N) is 2. The lowest BCUT2D eigenvalue weighted by molar-refractivity contribution is -0.274. The molecule has 0 amide bonds. The summed E-state index contributed by atoms with van der Waals surface area (Å²) in [6.07, 6.45) is -4.88. The average Bonchev–Trinajstić information content (AvgIpc) is 2.19. The molecule has 86 valence electrons. The third-order valence-corrected chi connectivity index (χ3v) is 1.78. The molecule has 0 unspecified atom stereocenters. The van der Waals surface area contributed by atoms with Gasteiger partial charge in [-0.1, -0.05) is 0 Å². The first kappa shape index (κ1) is 12.4. The molecule has 16 heavy (non-hydrogen) atoms. The molecule has 0 spiro atoms. The number of anilines is 1. The van der Waals surface area contributed by atoms with E-state index in [9.17, 15) is 13.2 Å². The first-order chi connectivity index (χ1) is 7.37. The fraction of sp³-hybridized carbons (Fsp3) is 0.250. The Morgan fingerprint density at radius 3 is 2.62 bits per heavy atom. The SMILES string of the molecule is N#Cc1cc(N)c(OC(F)(F)F)c(CCl)n1. The highest BCUT2D eigenvalue weighted by molar-refractivity contribution is 6.17. The summed E-state index contributed by atoms with van der Waals surface area (Å²) < 4.78 is 39.7. The van der Waals surface area contributed by atoms with E-state index >= 15 is 0 Å². The number of nitrogen functional groups attached to an aromatic ring is 1. The molecule has 1 aromatic heterocycles. The van der Waals surface area contributed by atoms with E-state index < -0.39 is 12.1 Å². The third kappa shape index (κ3) is 2.90. The second-order valence-corrected chi connectivity index (χ2v) is 2.93. The molecule has 1 aromatic rings. The molecule has 0 bridgehead atoms. The van der Waals surface area contributed by atoms with Crippen molar-refractivity contribution in [2.45, 2.75) is 12.2 Å². The third-order valence-electron chi connectivity index (χ3n) is 1.53. The molecule has 8 heteroatoms. The van der Waals surface area contributed by atoms with Gasteiger partial charge in [0.1, 0.15) is 17.5 Å². The van der Waals surface area contributed by atoms with Gasteiger partial charge in [0.2, 0.25) is 0 Å². The molecule has 0 saturated carbocycles. The lowest BCUT2D eigenvalue weighted by Crippen LogP contribution is -2.19. The summed E-state index contributed by atoms with van der Waals surface area (Å²) in [6.45, 7) is 0. The summed E-state index contributed by atoms with van der Waals surface area (Å²) in [5, 5.41) is 8.53. The Labute approximate surface area is 93.4 Å². The maximum absolute atomic E-state index is 12.0. The van der Waals surface area contributed by atoms with Crippen LogP contribution in [-0.4, -0.2) is 11.3 Å². The van der Waals surface area contributed by atoms with Crippen molar-refractivity contribution in [1.82, 2.24) is 4.98 Å². The van der Waals surface area contributed by atoms with Gasteiger partial charge < -0.3 is 10.5 Å². The van der Waals surface area contributed by atoms with Gasteiger partial charge in [0, 0.05) is 6.07 Å². The van der Waals surface area contributed by atoms with Gasteiger partial charge in [-0.15, -0.1) is 24.8 Å². The molecule has 0 aliphatic heterocycles. The monoisotopic (exact) mass is 251 g/mol. The molecule has 2 N–H and O–H groups in total. The van der Waals surface area contributed by atoms with Gasteiger partial charge in [-0.25, -0.2) is 4.98 Å². The van der Waals surface area contributed by atoms with Gasteiger partial charge in [0.15, 0.2) is 5.75 Å². The number of nitrogens with two attached hydrogens (primary N) is 1. The van der Waals surface area contributed by atoms with Crippen LogP contribution in [0.1, 0.15) is 11.4 Å². The standard InChI is InChI=1S/C8H5ClF3N3O/c9-2-6-7(16-8(10,11)12)5(14)1-4(3-13)15-6/h1H,2H2,(H2,14,15). The zero-order valence-corrected chi connectivity index (χ0v) is 8.43. The van der Waals surface area contributed by atoms with E-state index in [4.69, 9.17) is 22.6 Å². The minimum atomic E-state index is -4.88. The van der Waals surface area contributed by atoms with Crippen molar-refractivity contribution in [2.24, 2.45) is 0 Å². The molecule has 0 saturated heterocycles. The molecule has 1 heterocycles. The van der Waals surface area contributed by atoms with Crippen LogP contribution in [0.25, 0.3) is 0 Å². The smallest absolute Gasteiger partial charge is 0.402 e. The Bertz CT molecular complexity index is 441. The van der Waals surface area contributed by atoms with Crippen LogP contribution in [-0.2, 0) is 5.88 Å². The minimum absolute atomic E-state index is 0.123. The van der Waals surface area contributed by atoms with Crippen LogP contribution < -0.4 is 10.5 Å². The lowest BCUT2D eigenvalue weighted by Gasteiger charge is -2.13. The predicted octanol–water partition coefficient (Wildman–Crippen LogP) is 2.17. The van der Waals surface area contributed by atoms with Crippen molar-refractivity contribution in [1.29, 1.82) is 5.26 Å². The Kier molecular flexibility index (Phi) is 3.44. The average molecular weight is 252 g/mol. The molecule has 0 aromatic carbocycles. The Morgan fingerprint density at radius 2 is 2.19 bits per heavy atom. The summed E-state index contributed by atoms with van der Waals surface area (Å²) in [5.74, 6) is -1.01. The fourth-order valence-electron chi connectivity index (χ4n) is 0.989. The number of hydrogen-bond donors (Lipinski definition) is 1. The Hall–Kier alpha value is -1.68. The summed E-state index contributed by atoms with van der Waals surface area (Å²) in [4.78, 5) is 3.56. The van der Waals surface area contributed by atoms with Gasteiger partial charge in [-0.2, -0.15) is 5.26 Å². The van der Waals surface area contributed by atoms with Gasteiger partial charge in [-0.3, -0.25) is 0 Å². The second-order valence-electron chi connectivity index (χ2n) is 2.67. The number of pyridine rings is 1. The van der Waals surface area contributed by atoms with Crippen molar-refractivity contribution in [3.05, 3.63) is 17.5 Å². The van der Waals surface area contributed by atoms with E-state index in [1.165, 1.54) is 0 Å². The van der Waals surface area contributed by atoms with Crippen LogP contribution in [0, 0.1) is 11.3 Å². The first-order valence-electron chi connectivity index (χ1n) is 3.88. The van der Waals surface area contributed by atoms with E-state index in [0.717, 1.165) is 6.07 Å². The van der Waals surface area contributed by atoms with Crippen LogP contribution >= 0.6 is 11.6 Å². The second kappa shape index (κ2) is 4.45. The molecule has 0 aliphatic rings. The summed E-state index contributed by atoms with van der Waals surface area (Å²) in [5.41, 5.74) is 4.62. The van der Waals surface area contributed by atoms with Gasteiger partial charge in [0.25, 0.3) is 0 Å². The number of rotatable bonds is 2. The Morgan fingerprint density at radius 1 is 1.56 bits per heavy atom. The van der Waals surface area contributed by atoms with E-state index in [1.54, 1.807) is 6.07 Å². The number of halogens is 4. The number of hydrogen-bond acceptors (Lipinski definition) is 4. The van der Waals surface area contributed by atoms with Crippen LogP contribution in [0.15, 0.2) is 6.07 Å². The van der Waals surface area contributed by atoms with Crippen molar-refractivity contribution in [3.8, 4) is 11.8 Å². The maximum Gasteiger partial charge on any atom is 0.573 e. The highest BCUT2D eigenvalue weighted by Gasteiger charge is 2.33. The zero-order valence-electron chi connectivity index (χ0n) is 7.68. The maximum atomic E-state index is 12.0. The summed E-state index contributed by atoms with van der Waals surface area (Å²) >= 11 is 5.39. The minimum Gasteiger partial charge on any atom is -0.402 e. The summed E-state index contributed by atoms with van der Waals surface area (Å²) in [7, 11) is 0. The highest BCUT2D eigenvalue weighted by atomic mass is 35.5. The van der Waals surface area contributed by atoms with Crippen molar-refractivity contribution in [2.75, 3.05) is 5.73 Å². The molecular formula is C8H5ClF3N3O. The van der Waals surface area contributed by atoms with Crippen LogP contribution in [0.3, 0.4) is 0 Å². The van der Waals surface area contributed by atoms with Crippen LogP contribution in [0.2, 0.25) is 0 Å². The molecule has 1 rings (SSSR count).